The first kappa shape index (κ1) is 17.4. The van der Waals surface area contributed by atoms with Crippen molar-refractivity contribution in [2.45, 2.75) is 45.6 Å². The Bertz CT molecular complexity index is 226. The summed E-state index contributed by atoms with van der Waals surface area (Å²) in [5, 5.41) is 12.0. The fraction of sp³-hybridized carbons (Fsp3) is 0.923. The van der Waals surface area contributed by atoms with Crippen LogP contribution in [0.5, 0.6) is 0 Å². The molecule has 0 spiro atoms. The van der Waals surface area contributed by atoms with Gasteiger partial charge in [0.2, 0.25) is 5.91 Å². The van der Waals surface area contributed by atoms with Crippen LogP contribution in [0.1, 0.15) is 39.5 Å². The van der Waals surface area contributed by atoms with Gasteiger partial charge >= 0.3 is 0 Å². The van der Waals surface area contributed by atoms with Crippen molar-refractivity contribution in [2.24, 2.45) is 11.1 Å². The minimum absolute atomic E-state index is 0.00427. The summed E-state index contributed by atoms with van der Waals surface area (Å²) in [5.74, 6) is -0.0449. The van der Waals surface area contributed by atoms with Crippen molar-refractivity contribution in [2.75, 3.05) is 26.8 Å². The summed E-state index contributed by atoms with van der Waals surface area (Å²) in [5.41, 5.74) is 5.47. The Balaban J connectivity index is 4.22. The van der Waals surface area contributed by atoms with Crippen LogP contribution in [0.4, 0.5) is 0 Å². The Morgan fingerprint density at radius 3 is 2.44 bits per heavy atom. The lowest BCUT2D eigenvalue weighted by Crippen LogP contribution is -2.39. The van der Waals surface area contributed by atoms with Gasteiger partial charge < -0.3 is 20.9 Å². The third-order valence-corrected chi connectivity index (χ3v) is 3.81. The van der Waals surface area contributed by atoms with Gasteiger partial charge in [-0.25, -0.2) is 0 Å². The molecule has 108 valence electrons. The highest BCUT2D eigenvalue weighted by atomic mass is 16.5. The topological polar surface area (TPSA) is 84.6 Å². The Labute approximate surface area is 110 Å². The standard InChI is InChI=1S/C13H28N2O3/c1-4-13(5-2,6-7-16)10-15-12(17)8-11(9-14)18-3/h11,16H,4-10,14H2,1-3H3,(H,15,17). The predicted octanol–water partition coefficient (Wildman–Crippen LogP) is 0.655. The molecular weight excluding hydrogens is 232 g/mol. The summed E-state index contributed by atoms with van der Waals surface area (Å²) in [7, 11) is 1.55. The molecule has 0 aromatic rings. The zero-order chi connectivity index (χ0) is 14.0. The molecule has 18 heavy (non-hydrogen) atoms. The molecule has 0 saturated heterocycles. The van der Waals surface area contributed by atoms with Crippen molar-refractivity contribution in [3.05, 3.63) is 0 Å². The van der Waals surface area contributed by atoms with Gasteiger partial charge in [-0.2, -0.15) is 0 Å². The molecule has 0 heterocycles. The number of carbonyl (C=O) groups excluding carboxylic acids is 1. The number of carbonyl (C=O) groups is 1. The Kier molecular flexibility index (Phi) is 8.97. The quantitative estimate of drug-likeness (QED) is 0.538. The van der Waals surface area contributed by atoms with Crippen molar-refractivity contribution in [1.82, 2.24) is 5.32 Å². The molecule has 0 fully saturated rings. The molecule has 0 rings (SSSR count). The van der Waals surface area contributed by atoms with Gasteiger partial charge in [0.15, 0.2) is 0 Å². The predicted molar refractivity (Wildman–Crippen MR) is 72.2 cm³/mol. The molecule has 4 N–H and O–H groups in total. The number of methoxy groups -OCH3 is 1. The molecule has 0 aliphatic heterocycles. The lowest BCUT2D eigenvalue weighted by Gasteiger charge is -2.31. The number of amides is 1. The first-order valence-electron chi connectivity index (χ1n) is 6.67. The maximum absolute atomic E-state index is 11.7. The minimum Gasteiger partial charge on any atom is -0.396 e. The highest BCUT2D eigenvalue weighted by Gasteiger charge is 2.26. The fourth-order valence-electron chi connectivity index (χ4n) is 2.01. The van der Waals surface area contributed by atoms with Crippen LogP contribution < -0.4 is 11.1 Å². The van der Waals surface area contributed by atoms with Crippen molar-refractivity contribution in [3.8, 4) is 0 Å². The van der Waals surface area contributed by atoms with Gasteiger partial charge in [-0.15, -0.1) is 0 Å². The summed E-state index contributed by atoms with van der Waals surface area (Å²) in [4.78, 5) is 11.7. The number of rotatable bonds is 10. The van der Waals surface area contributed by atoms with Crippen LogP contribution in [-0.4, -0.2) is 43.9 Å². The van der Waals surface area contributed by atoms with E-state index in [1.807, 2.05) is 0 Å². The van der Waals surface area contributed by atoms with Crippen molar-refractivity contribution in [3.63, 3.8) is 0 Å². The van der Waals surface area contributed by atoms with E-state index < -0.39 is 0 Å². The average molecular weight is 260 g/mol. The first-order chi connectivity index (χ1) is 8.57. The number of hydrogen-bond donors (Lipinski definition) is 3. The van der Waals surface area contributed by atoms with Gasteiger partial charge in [-0.05, 0) is 24.7 Å². The van der Waals surface area contributed by atoms with Gasteiger partial charge in [0.05, 0.1) is 12.5 Å². The number of nitrogens with two attached hydrogens (primary N) is 1. The normalized spacial score (nSPS) is 13.4. The number of aliphatic hydroxyl groups excluding tert-OH is 1. The lowest BCUT2D eigenvalue weighted by molar-refractivity contribution is -0.124. The average Bonchev–Trinajstić information content (AvgIpc) is 2.41. The highest BCUT2D eigenvalue weighted by Crippen LogP contribution is 2.29. The second-order valence-electron chi connectivity index (χ2n) is 4.75. The van der Waals surface area contributed by atoms with Crippen LogP contribution in [0, 0.1) is 5.41 Å². The van der Waals surface area contributed by atoms with Gasteiger partial charge in [0.1, 0.15) is 0 Å². The van der Waals surface area contributed by atoms with Crippen LogP contribution in [0.15, 0.2) is 0 Å². The molecule has 0 aromatic carbocycles. The van der Waals surface area contributed by atoms with Gasteiger partial charge in [-0.3, -0.25) is 4.79 Å². The fourth-order valence-corrected chi connectivity index (χ4v) is 2.01. The van der Waals surface area contributed by atoms with E-state index in [2.05, 4.69) is 19.2 Å². The van der Waals surface area contributed by atoms with E-state index in [0.29, 0.717) is 19.5 Å². The van der Waals surface area contributed by atoms with Gasteiger partial charge in [0, 0.05) is 26.8 Å². The molecule has 0 aliphatic rings. The summed E-state index contributed by atoms with van der Waals surface area (Å²) in [6.45, 7) is 5.26. The smallest absolute Gasteiger partial charge is 0.222 e. The SMILES string of the molecule is CCC(CC)(CCO)CNC(=O)CC(CN)OC. The largest absolute Gasteiger partial charge is 0.396 e. The second kappa shape index (κ2) is 9.30. The van der Waals surface area contributed by atoms with Gasteiger partial charge in [-0.1, -0.05) is 13.8 Å². The van der Waals surface area contributed by atoms with E-state index in [4.69, 9.17) is 15.6 Å². The third-order valence-electron chi connectivity index (χ3n) is 3.81. The van der Waals surface area contributed by atoms with E-state index in [1.54, 1.807) is 7.11 Å². The molecule has 5 nitrogen and oxygen atoms in total. The van der Waals surface area contributed by atoms with Crippen LogP contribution in [0.25, 0.3) is 0 Å². The summed E-state index contributed by atoms with van der Waals surface area (Å²) >= 11 is 0. The van der Waals surface area contributed by atoms with E-state index >= 15 is 0 Å². The van der Waals surface area contributed by atoms with Crippen molar-refractivity contribution >= 4 is 5.91 Å². The lowest BCUT2D eigenvalue weighted by atomic mass is 9.79. The molecule has 1 unspecified atom stereocenters. The molecule has 0 bridgehead atoms. The molecule has 0 saturated carbocycles. The maximum Gasteiger partial charge on any atom is 0.222 e. The molecule has 1 amide bonds. The van der Waals surface area contributed by atoms with Crippen LogP contribution in [0.2, 0.25) is 0 Å². The van der Waals surface area contributed by atoms with Crippen LogP contribution >= 0.6 is 0 Å². The Hall–Kier alpha value is -0.650. The van der Waals surface area contributed by atoms with Gasteiger partial charge in [0.25, 0.3) is 0 Å². The van der Waals surface area contributed by atoms with Crippen molar-refractivity contribution < 1.29 is 14.6 Å². The molecular formula is C13H28N2O3. The van der Waals surface area contributed by atoms with Crippen molar-refractivity contribution in [1.29, 1.82) is 0 Å². The molecule has 0 aliphatic carbocycles. The first-order valence-corrected chi connectivity index (χ1v) is 6.67. The Morgan fingerprint density at radius 1 is 1.44 bits per heavy atom. The molecule has 5 heteroatoms. The summed E-state index contributed by atoms with van der Waals surface area (Å²) in [6.07, 6.45) is 2.66. The molecule has 0 aromatic heterocycles. The maximum atomic E-state index is 11.7. The number of hydrogen-bond acceptors (Lipinski definition) is 4. The minimum atomic E-state index is -0.222. The third kappa shape index (κ3) is 5.80. The van der Waals surface area contributed by atoms with E-state index in [1.165, 1.54) is 0 Å². The van der Waals surface area contributed by atoms with E-state index in [0.717, 1.165) is 12.8 Å². The molecule has 1 atom stereocenters. The zero-order valence-corrected chi connectivity index (χ0v) is 11.9. The number of aliphatic hydroxyl groups is 1. The number of ether oxygens (including phenoxy) is 1. The molecule has 0 radical (unpaired) electrons. The van der Waals surface area contributed by atoms with Crippen LogP contribution in [-0.2, 0) is 9.53 Å². The second-order valence-corrected chi connectivity index (χ2v) is 4.75. The summed E-state index contributed by atoms with van der Waals surface area (Å²) < 4.78 is 5.08. The monoisotopic (exact) mass is 260 g/mol. The van der Waals surface area contributed by atoms with E-state index in [-0.39, 0.29) is 30.5 Å². The summed E-state index contributed by atoms with van der Waals surface area (Å²) in [6, 6.07) is 0. The highest BCUT2D eigenvalue weighted by molar-refractivity contribution is 5.76. The number of nitrogens with one attached hydrogen (secondary N) is 1. The van der Waals surface area contributed by atoms with Crippen LogP contribution in [0.3, 0.4) is 0 Å². The Morgan fingerprint density at radius 2 is 2.06 bits per heavy atom. The van der Waals surface area contributed by atoms with E-state index in [9.17, 15) is 4.79 Å². The zero-order valence-electron chi connectivity index (χ0n) is 11.9.